The molecule has 0 aliphatic carbocycles. The van der Waals surface area contributed by atoms with Gasteiger partial charge in [0.1, 0.15) is 10.6 Å². The van der Waals surface area contributed by atoms with Crippen LogP contribution in [0.1, 0.15) is 27.5 Å². The number of amides is 1. The zero-order valence-electron chi connectivity index (χ0n) is 21.4. The van der Waals surface area contributed by atoms with Crippen molar-refractivity contribution >= 4 is 28.2 Å². The van der Waals surface area contributed by atoms with E-state index in [1.807, 2.05) is 47.8 Å². The molecule has 1 aliphatic rings. The van der Waals surface area contributed by atoms with Gasteiger partial charge in [0.25, 0.3) is 0 Å². The van der Waals surface area contributed by atoms with Gasteiger partial charge < -0.3 is 10.1 Å². The first-order valence-corrected chi connectivity index (χ1v) is 13.6. The van der Waals surface area contributed by atoms with E-state index in [2.05, 4.69) is 63.6 Å². The summed E-state index contributed by atoms with van der Waals surface area (Å²) in [6.45, 7) is 3.55. The van der Waals surface area contributed by atoms with Crippen LogP contribution in [0.2, 0.25) is 0 Å². The Balaban J connectivity index is 1.24. The van der Waals surface area contributed by atoms with Crippen LogP contribution >= 0.6 is 11.3 Å². The third-order valence-electron chi connectivity index (χ3n) is 6.89. The predicted molar refractivity (Wildman–Crippen MR) is 152 cm³/mol. The van der Waals surface area contributed by atoms with Gasteiger partial charge >= 0.3 is 5.97 Å². The molecule has 4 aromatic rings. The lowest BCUT2D eigenvalue weighted by Crippen LogP contribution is -2.49. The molecular formula is C31H31N3O3S. The van der Waals surface area contributed by atoms with Gasteiger partial charge in [0, 0.05) is 37.1 Å². The lowest BCUT2D eigenvalue weighted by atomic mass is 9.96. The molecule has 0 bridgehead atoms. The smallest absolute Gasteiger partial charge is 0.341 e. The Morgan fingerprint density at radius 3 is 1.95 bits per heavy atom. The van der Waals surface area contributed by atoms with Crippen molar-refractivity contribution in [3.63, 3.8) is 0 Å². The van der Waals surface area contributed by atoms with Crippen LogP contribution in [0, 0.1) is 0 Å². The van der Waals surface area contributed by atoms with Crippen LogP contribution in [0.3, 0.4) is 0 Å². The lowest BCUT2D eigenvalue weighted by Gasteiger charge is -2.39. The van der Waals surface area contributed by atoms with E-state index in [0.717, 1.165) is 37.3 Å². The normalized spacial score (nSPS) is 14.4. The first kappa shape index (κ1) is 25.9. The maximum Gasteiger partial charge on any atom is 0.341 e. The topological polar surface area (TPSA) is 61.9 Å². The molecule has 38 heavy (non-hydrogen) atoms. The van der Waals surface area contributed by atoms with Crippen LogP contribution in [0.5, 0.6) is 0 Å². The summed E-state index contributed by atoms with van der Waals surface area (Å²) in [6, 6.07) is 31.0. The average Bonchev–Trinajstić information content (AvgIpc) is 3.38. The van der Waals surface area contributed by atoms with E-state index in [4.69, 9.17) is 4.74 Å². The van der Waals surface area contributed by atoms with Gasteiger partial charge in [-0.1, -0.05) is 91.0 Å². The number of carbonyl (C=O) groups excluding carboxylic acids is 2. The van der Waals surface area contributed by atoms with Gasteiger partial charge in [-0.15, -0.1) is 11.3 Å². The number of hydrogen-bond donors (Lipinski definition) is 1. The minimum Gasteiger partial charge on any atom is -0.465 e. The van der Waals surface area contributed by atoms with Crippen molar-refractivity contribution in [2.75, 3.05) is 45.2 Å². The summed E-state index contributed by atoms with van der Waals surface area (Å²) in [5.41, 5.74) is 4.61. The summed E-state index contributed by atoms with van der Waals surface area (Å²) < 4.78 is 5.04. The summed E-state index contributed by atoms with van der Waals surface area (Å²) >= 11 is 1.35. The second kappa shape index (κ2) is 12.2. The van der Waals surface area contributed by atoms with Gasteiger partial charge in [0.15, 0.2) is 0 Å². The fraction of sp³-hybridized carbons (Fsp3) is 0.226. The summed E-state index contributed by atoms with van der Waals surface area (Å²) in [7, 11) is 1.36. The molecule has 1 N–H and O–H groups in total. The quantitative estimate of drug-likeness (QED) is 0.306. The first-order chi connectivity index (χ1) is 18.6. The van der Waals surface area contributed by atoms with Crippen molar-refractivity contribution in [2.45, 2.75) is 6.04 Å². The number of rotatable bonds is 8. The molecule has 0 atom stereocenters. The van der Waals surface area contributed by atoms with E-state index < -0.39 is 5.97 Å². The van der Waals surface area contributed by atoms with Crippen molar-refractivity contribution < 1.29 is 14.3 Å². The number of ether oxygens (including phenoxy) is 1. The Hall–Kier alpha value is -3.78. The number of hydrogen-bond acceptors (Lipinski definition) is 6. The number of thiophene rings is 1. The summed E-state index contributed by atoms with van der Waals surface area (Å²) in [6.07, 6.45) is 0. The number of methoxy groups -OCH3 is 1. The summed E-state index contributed by atoms with van der Waals surface area (Å²) in [5.74, 6) is -0.588. The fourth-order valence-corrected chi connectivity index (χ4v) is 5.99. The molecular weight excluding hydrogens is 494 g/mol. The maximum absolute atomic E-state index is 13.0. The summed E-state index contributed by atoms with van der Waals surface area (Å²) in [4.78, 5) is 30.3. The highest BCUT2D eigenvalue weighted by Crippen LogP contribution is 2.36. The highest BCUT2D eigenvalue weighted by molar-refractivity contribution is 7.15. The van der Waals surface area contributed by atoms with Gasteiger partial charge in [-0.05, 0) is 16.7 Å². The molecule has 1 aliphatic heterocycles. The van der Waals surface area contributed by atoms with Crippen molar-refractivity contribution in [1.29, 1.82) is 0 Å². The molecule has 1 fully saturated rings. The lowest BCUT2D eigenvalue weighted by molar-refractivity contribution is -0.117. The van der Waals surface area contributed by atoms with Gasteiger partial charge in [0.05, 0.1) is 19.7 Å². The molecule has 1 amide bonds. The molecule has 6 nitrogen and oxygen atoms in total. The van der Waals surface area contributed by atoms with Gasteiger partial charge in [0.2, 0.25) is 5.91 Å². The van der Waals surface area contributed by atoms with Crippen molar-refractivity contribution in [2.24, 2.45) is 0 Å². The van der Waals surface area contributed by atoms with E-state index in [1.54, 1.807) is 0 Å². The van der Waals surface area contributed by atoms with Crippen molar-refractivity contribution in [3.05, 3.63) is 113 Å². The highest BCUT2D eigenvalue weighted by atomic mass is 32.1. The molecule has 0 spiro atoms. The van der Waals surface area contributed by atoms with E-state index in [-0.39, 0.29) is 18.5 Å². The molecule has 0 unspecified atom stereocenters. The largest absolute Gasteiger partial charge is 0.465 e. The van der Waals surface area contributed by atoms with E-state index in [0.29, 0.717) is 10.6 Å². The molecule has 5 rings (SSSR count). The third kappa shape index (κ3) is 5.86. The molecule has 2 heterocycles. The van der Waals surface area contributed by atoms with Crippen LogP contribution in [-0.2, 0) is 9.53 Å². The first-order valence-electron chi connectivity index (χ1n) is 12.8. The summed E-state index contributed by atoms with van der Waals surface area (Å²) in [5, 5.41) is 5.39. The van der Waals surface area contributed by atoms with Gasteiger partial charge in [-0.25, -0.2) is 4.79 Å². The average molecular weight is 526 g/mol. The van der Waals surface area contributed by atoms with Crippen LogP contribution in [0.4, 0.5) is 5.00 Å². The SMILES string of the molecule is COC(=O)c1c(-c2ccccc2)csc1NC(=O)CN1CCN(C(c2ccccc2)c2ccccc2)CC1. The van der Waals surface area contributed by atoms with Crippen LogP contribution in [-0.4, -0.2) is 61.5 Å². The Kier molecular flexibility index (Phi) is 8.28. The van der Waals surface area contributed by atoms with Gasteiger partial charge in [-0.2, -0.15) is 0 Å². The minimum absolute atomic E-state index is 0.132. The maximum atomic E-state index is 13.0. The fourth-order valence-electron chi connectivity index (χ4n) is 5.02. The highest BCUT2D eigenvalue weighted by Gasteiger charge is 2.28. The zero-order chi connectivity index (χ0) is 26.3. The Morgan fingerprint density at radius 2 is 1.39 bits per heavy atom. The van der Waals surface area contributed by atoms with Crippen molar-refractivity contribution in [1.82, 2.24) is 9.80 Å². The predicted octanol–water partition coefficient (Wildman–Crippen LogP) is 5.55. The number of nitrogens with one attached hydrogen (secondary N) is 1. The number of piperazine rings is 1. The molecule has 194 valence electrons. The van der Waals surface area contributed by atoms with Gasteiger partial charge in [-0.3, -0.25) is 14.6 Å². The van der Waals surface area contributed by atoms with Crippen LogP contribution in [0.25, 0.3) is 11.1 Å². The Labute approximate surface area is 227 Å². The Morgan fingerprint density at radius 1 is 0.842 bits per heavy atom. The standard InChI is InChI=1S/C31H31N3O3S/c1-37-31(36)28-26(23-11-5-2-6-12-23)22-38-30(28)32-27(35)21-33-17-19-34(20-18-33)29(24-13-7-3-8-14-24)25-15-9-4-10-16-25/h2-16,22,29H,17-21H2,1H3,(H,32,35). The molecule has 1 aromatic heterocycles. The second-order valence-electron chi connectivity index (χ2n) is 9.30. The second-order valence-corrected chi connectivity index (χ2v) is 10.2. The minimum atomic E-state index is -0.457. The van der Waals surface area contributed by atoms with E-state index >= 15 is 0 Å². The van der Waals surface area contributed by atoms with Crippen LogP contribution < -0.4 is 5.32 Å². The number of benzene rings is 3. The van der Waals surface area contributed by atoms with E-state index in [9.17, 15) is 9.59 Å². The number of anilines is 1. The third-order valence-corrected chi connectivity index (χ3v) is 7.78. The van der Waals surface area contributed by atoms with Crippen LogP contribution in [0.15, 0.2) is 96.4 Å². The number of esters is 1. The van der Waals surface area contributed by atoms with Crippen molar-refractivity contribution in [3.8, 4) is 11.1 Å². The number of nitrogens with zero attached hydrogens (tertiary/aromatic N) is 2. The molecule has 0 radical (unpaired) electrons. The Bertz CT molecular complexity index is 1310. The monoisotopic (exact) mass is 525 g/mol. The molecule has 3 aromatic carbocycles. The molecule has 7 heteroatoms. The zero-order valence-corrected chi connectivity index (χ0v) is 22.2. The molecule has 0 saturated carbocycles. The number of carbonyl (C=O) groups is 2. The van der Waals surface area contributed by atoms with E-state index in [1.165, 1.54) is 29.6 Å². The molecule has 1 saturated heterocycles.